The Kier molecular flexibility index (Phi) is 4.98. The Hall–Kier alpha value is -3.32. The van der Waals surface area contributed by atoms with Gasteiger partial charge in [-0.25, -0.2) is 4.39 Å². The zero-order chi connectivity index (χ0) is 20.5. The fraction of sp³-hybridized carbons (Fsp3) is 0.143. The van der Waals surface area contributed by atoms with Gasteiger partial charge in [0.05, 0.1) is 0 Å². The number of ketones is 1. The van der Waals surface area contributed by atoms with Gasteiger partial charge in [-0.3, -0.25) is 4.79 Å². The number of hydrogen-bond acceptors (Lipinski definition) is 4. The van der Waals surface area contributed by atoms with Crippen LogP contribution in [0.25, 0.3) is 17.1 Å². The fourth-order valence-electron chi connectivity index (χ4n) is 3.27. The maximum Gasteiger partial charge on any atom is 0.204 e. The summed E-state index contributed by atoms with van der Waals surface area (Å²) in [5.74, 6) is -0.127. The zero-order valence-corrected chi connectivity index (χ0v) is 16.6. The molecule has 2 aromatic carbocycles. The summed E-state index contributed by atoms with van der Waals surface area (Å²) in [5, 5.41) is 12.8. The molecule has 0 radical (unpaired) electrons. The number of tetrazole rings is 1. The number of halogens is 2. The summed E-state index contributed by atoms with van der Waals surface area (Å²) in [6.45, 7) is 3.80. The molecule has 0 aliphatic rings. The number of rotatable bonds is 5. The predicted octanol–water partition coefficient (Wildman–Crippen LogP) is 4.42. The van der Waals surface area contributed by atoms with Crippen molar-refractivity contribution in [1.29, 1.82) is 0 Å². The lowest BCUT2D eigenvalue weighted by molar-refractivity contribution is 0.0961. The number of Topliss-reactive ketones (excluding diaryl/α,β-unsaturated/α-hetero) is 1. The van der Waals surface area contributed by atoms with Crippen molar-refractivity contribution >= 4 is 17.4 Å². The van der Waals surface area contributed by atoms with E-state index >= 15 is 0 Å². The van der Waals surface area contributed by atoms with E-state index in [1.807, 2.05) is 48.7 Å². The summed E-state index contributed by atoms with van der Waals surface area (Å²) < 4.78 is 15.1. The Morgan fingerprint density at radius 2 is 1.76 bits per heavy atom. The molecule has 29 heavy (non-hydrogen) atoms. The second-order valence-corrected chi connectivity index (χ2v) is 7.11. The predicted molar refractivity (Wildman–Crippen MR) is 108 cm³/mol. The lowest BCUT2D eigenvalue weighted by atomic mass is 10.1. The van der Waals surface area contributed by atoms with E-state index in [0.717, 1.165) is 17.1 Å². The number of hydrogen-bond donors (Lipinski definition) is 0. The molecule has 0 spiro atoms. The first kappa shape index (κ1) is 19.0. The lowest BCUT2D eigenvalue weighted by Gasteiger charge is -2.10. The number of aromatic nitrogens is 5. The zero-order valence-electron chi connectivity index (χ0n) is 15.8. The lowest BCUT2D eigenvalue weighted by Crippen LogP contribution is -2.14. The Labute approximate surface area is 171 Å². The van der Waals surface area contributed by atoms with Gasteiger partial charge in [0.1, 0.15) is 12.4 Å². The van der Waals surface area contributed by atoms with Crippen molar-refractivity contribution in [2.45, 2.75) is 20.4 Å². The number of nitrogens with zero attached hydrogens (tertiary/aromatic N) is 5. The first-order chi connectivity index (χ1) is 13.9. The van der Waals surface area contributed by atoms with Gasteiger partial charge in [0, 0.05) is 33.2 Å². The summed E-state index contributed by atoms with van der Waals surface area (Å²) in [7, 11) is 0. The monoisotopic (exact) mass is 409 g/mol. The molecule has 6 nitrogen and oxygen atoms in total. The van der Waals surface area contributed by atoms with Gasteiger partial charge in [0.2, 0.25) is 5.82 Å². The third-order valence-electron chi connectivity index (χ3n) is 4.66. The van der Waals surface area contributed by atoms with Crippen molar-refractivity contribution in [3.63, 3.8) is 0 Å². The summed E-state index contributed by atoms with van der Waals surface area (Å²) in [4.78, 5) is 14.1. The normalized spacial score (nSPS) is 11.0. The van der Waals surface area contributed by atoms with Crippen molar-refractivity contribution in [2.24, 2.45) is 0 Å². The molecule has 4 aromatic rings. The van der Waals surface area contributed by atoms with Crippen molar-refractivity contribution in [3.8, 4) is 17.1 Å². The highest BCUT2D eigenvalue weighted by Gasteiger charge is 2.18. The molecular weight excluding hydrogens is 393 g/mol. The summed E-state index contributed by atoms with van der Waals surface area (Å²) in [6.07, 6.45) is 0. The van der Waals surface area contributed by atoms with E-state index in [1.54, 1.807) is 12.1 Å². The SMILES string of the molecule is Cc1cc(C(=O)Cn2nnc(-c3ccc(F)cc3)n2)c(C)n1-c1ccc(Cl)cc1. The molecule has 0 saturated heterocycles. The van der Waals surface area contributed by atoms with E-state index < -0.39 is 0 Å². The second kappa shape index (κ2) is 7.60. The Bertz CT molecular complexity index is 1180. The van der Waals surface area contributed by atoms with E-state index in [0.29, 0.717) is 22.0 Å². The standard InChI is InChI=1S/C21H17ClFN5O/c1-13-11-19(14(2)28(13)18-9-5-16(22)6-10-18)20(29)12-27-25-21(24-26-27)15-3-7-17(23)8-4-15/h3-11H,12H2,1-2H3. The third kappa shape index (κ3) is 3.82. The van der Waals surface area contributed by atoms with Crippen LogP contribution < -0.4 is 0 Å². The van der Waals surface area contributed by atoms with Crippen LogP contribution in [0.4, 0.5) is 4.39 Å². The molecule has 2 heterocycles. The Balaban J connectivity index is 1.57. The molecule has 0 saturated carbocycles. The minimum absolute atomic E-state index is 0.0426. The highest BCUT2D eigenvalue weighted by Crippen LogP contribution is 2.23. The first-order valence-electron chi connectivity index (χ1n) is 8.94. The molecule has 4 rings (SSSR count). The van der Waals surface area contributed by atoms with Gasteiger partial charge in [0.25, 0.3) is 0 Å². The van der Waals surface area contributed by atoms with Crippen LogP contribution in [-0.2, 0) is 6.54 Å². The number of aryl methyl sites for hydroxylation is 1. The van der Waals surface area contributed by atoms with Gasteiger partial charge in [-0.2, -0.15) is 4.80 Å². The van der Waals surface area contributed by atoms with Gasteiger partial charge in [-0.1, -0.05) is 11.6 Å². The maximum atomic E-state index is 13.1. The molecule has 0 aliphatic carbocycles. The maximum absolute atomic E-state index is 13.1. The molecule has 8 heteroatoms. The average molecular weight is 410 g/mol. The topological polar surface area (TPSA) is 65.6 Å². The quantitative estimate of drug-likeness (QED) is 0.457. The second-order valence-electron chi connectivity index (χ2n) is 6.67. The van der Waals surface area contributed by atoms with E-state index in [9.17, 15) is 9.18 Å². The third-order valence-corrected chi connectivity index (χ3v) is 4.91. The summed E-state index contributed by atoms with van der Waals surface area (Å²) in [6, 6.07) is 15.1. The van der Waals surface area contributed by atoms with Crippen LogP contribution in [0.1, 0.15) is 21.7 Å². The van der Waals surface area contributed by atoms with Crippen molar-refractivity contribution in [3.05, 3.63) is 82.4 Å². The highest BCUT2D eigenvalue weighted by molar-refractivity contribution is 6.30. The van der Waals surface area contributed by atoms with Crippen LogP contribution in [0, 0.1) is 19.7 Å². The number of carbonyl (C=O) groups is 1. The summed E-state index contributed by atoms with van der Waals surface area (Å²) >= 11 is 5.97. The Morgan fingerprint density at radius 3 is 2.45 bits per heavy atom. The largest absolute Gasteiger partial charge is 0.318 e. The molecule has 0 atom stereocenters. The fourth-order valence-corrected chi connectivity index (χ4v) is 3.40. The van der Waals surface area contributed by atoms with Crippen LogP contribution in [-0.4, -0.2) is 30.6 Å². The minimum Gasteiger partial charge on any atom is -0.318 e. The molecular formula is C21H17ClFN5O. The van der Waals surface area contributed by atoms with Gasteiger partial charge in [-0.15, -0.1) is 10.2 Å². The van der Waals surface area contributed by atoms with Crippen LogP contribution in [0.5, 0.6) is 0 Å². The van der Waals surface area contributed by atoms with Gasteiger partial charge in [0.15, 0.2) is 5.78 Å². The Morgan fingerprint density at radius 1 is 1.07 bits per heavy atom. The average Bonchev–Trinajstić information content (AvgIpc) is 3.27. The smallest absolute Gasteiger partial charge is 0.204 e. The molecule has 0 amide bonds. The van der Waals surface area contributed by atoms with E-state index in [-0.39, 0.29) is 18.1 Å². The van der Waals surface area contributed by atoms with Crippen molar-refractivity contribution in [2.75, 3.05) is 0 Å². The molecule has 0 fully saturated rings. The number of carbonyl (C=O) groups excluding carboxylic acids is 1. The van der Waals surface area contributed by atoms with E-state index in [4.69, 9.17) is 11.6 Å². The van der Waals surface area contributed by atoms with E-state index in [1.165, 1.54) is 16.9 Å². The minimum atomic E-state index is -0.340. The van der Waals surface area contributed by atoms with Gasteiger partial charge in [-0.05, 0) is 73.7 Å². The van der Waals surface area contributed by atoms with Crippen LogP contribution >= 0.6 is 11.6 Å². The molecule has 146 valence electrons. The molecule has 0 bridgehead atoms. The van der Waals surface area contributed by atoms with Crippen LogP contribution in [0.15, 0.2) is 54.6 Å². The molecule has 2 aromatic heterocycles. The molecule has 0 unspecified atom stereocenters. The van der Waals surface area contributed by atoms with E-state index in [2.05, 4.69) is 15.4 Å². The van der Waals surface area contributed by atoms with Gasteiger partial charge < -0.3 is 4.57 Å². The van der Waals surface area contributed by atoms with Crippen LogP contribution in [0.2, 0.25) is 5.02 Å². The van der Waals surface area contributed by atoms with Crippen molar-refractivity contribution < 1.29 is 9.18 Å². The molecule has 0 N–H and O–H groups in total. The van der Waals surface area contributed by atoms with Crippen LogP contribution in [0.3, 0.4) is 0 Å². The number of benzene rings is 2. The summed E-state index contributed by atoms with van der Waals surface area (Å²) in [5.41, 5.74) is 3.92. The van der Waals surface area contributed by atoms with Crippen molar-refractivity contribution in [1.82, 2.24) is 24.8 Å². The molecule has 0 aliphatic heterocycles. The highest BCUT2D eigenvalue weighted by atomic mass is 35.5. The van der Waals surface area contributed by atoms with Gasteiger partial charge >= 0.3 is 0 Å². The first-order valence-corrected chi connectivity index (χ1v) is 9.32.